The van der Waals surface area contributed by atoms with Gasteiger partial charge in [-0.3, -0.25) is 9.59 Å². The molecule has 2 spiro atoms. The topological polar surface area (TPSA) is 134 Å². The van der Waals surface area contributed by atoms with Crippen molar-refractivity contribution in [2.24, 2.45) is 34.0 Å². The van der Waals surface area contributed by atoms with Crippen molar-refractivity contribution in [3.05, 3.63) is 12.2 Å². The van der Waals surface area contributed by atoms with E-state index in [2.05, 4.69) is 6.58 Å². The Morgan fingerprint density at radius 3 is 2.47 bits per heavy atom. The lowest BCUT2D eigenvalue weighted by Crippen LogP contribution is -2.87. The lowest BCUT2D eigenvalue weighted by molar-refractivity contribution is -0.442. The quantitative estimate of drug-likeness (QED) is 0.349. The fraction of sp³-hybridized carbons (Fsp3) is 0.818. The van der Waals surface area contributed by atoms with Crippen molar-refractivity contribution < 1.29 is 39.5 Å². The van der Waals surface area contributed by atoms with E-state index in [0.717, 1.165) is 0 Å². The summed E-state index contributed by atoms with van der Waals surface area (Å²) >= 11 is 0. The first-order chi connectivity index (χ1) is 13.9. The summed E-state index contributed by atoms with van der Waals surface area (Å²) in [5.41, 5.74) is -3.40. The van der Waals surface area contributed by atoms with Crippen molar-refractivity contribution in [3.63, 3.8) is 0 Å². The molecule has 4 bridgehead atoms. The molecule has 166 valence electrons. The maximum absolute atomic E-state index is 13.6. The number of ether oxygens (including phenoxy) is 2. The zero-order valence-electron chi connectivity index (χ0n) is 17.5. The first kappa shape index (κ1) is 20.4. The highest BCUT2D eigenvalue weighted by Crippen LogP contribution is 2.77. The van der Waals surface area contributed by atoms with Crippen molar-refractivity contribution in [2.45, 2.75) is 76.7 Å². The fourth-order valence-electron chi connectivity index (χ4n) is 8.32. The molecular weight excluding hydrogens is 392 g/mol. The van der Waals surface area contributed by atoms with Gasteiger partial charge < -0.3 is 29.9 Å². The van der Waals surface area contributed by atoms with Crippen LogP contribution in [0.3, 0.4) is 0 Å². The van der Waals surface area contributed by atoms with Gasteiger partial charge in [-0.05, 0) is 42.6 Å². The third-order valence-corrected chi connectivity index (χ3v) is 9.26. The molecule has 4 saturated carbocycles. The molecule has 0 radical (unpaired) electrons. The summed E-state index contributed by atoms with van der Waals surface area (Å²) in [6, 6.07) is 0. The van der Waals surface area contributed by atoms with Gasteiger partial charge in [-0.15, -0.1) is 0 Å². The SMILES string of the molecule is C=C1[C@@H](O)[C@]23[C@H](O)[C@H]1CC[C@H]2[C@@]12C(=O)O[C@@]3(O)[C@@H](O)[C@@H]1C(C)(C)CC[C@@H]2OC(C)=O. The molecule has 8 heteroatoms. The molecule has 6 aliphatic rings. The van der Waals surface area contributed by atoms with Crippen LogP contribution in [0.2, 0.25) is 0 Å². The highest BCUT2D eigenvalue weighted by Gasteiger charge is 2.90. The van der Waals surface area contributed by atoms with Crippen LogP contribution < -0.4 is 0 Å². The predicted octanol–water partition coefficient (Wildman–Crippen LogP) is 0.265. The number of rotatable bonds is 1. The third-order valence-electron chi connectivity index (χ3n) is 9.26. The molecule has 0 aromatic rings. The van der Waals surface area contributed by atoms with E-state index in [1.54, 1.807) is 0 Å². The molecule has 10 atom stereocenters. The van der Waals surface area contributed by atoms with E-state index in [0.29, 0.717) is 31.3 Å². The molecule has 2 aliphatic heterocycles. The van der Waals surface area contributed by atoms with Gasteiger partial charge in [0.2, 0.25) is 5.79 Å². The van der Waals surface area contributed by atoms with Gasteiger partial charge in [0.05, 0.1) is 17.6 Å². The maximum Gasteiger partial charge on any atom is 0.319 e. The minimum Gasteiger partial charge on any atom is -0.461 e. The van der Waals surface area contributed by atoms with E-state index in [1.807, 2.05) is 13.8 Å². The predicted molar refractivity (Wildman–Crippen MR) is 101 cm³/mol. The second-order valence-corrected chi connectivity index (χ2v) is 10.7. The number of hydrogen-bond acceptors (Lipinski definition) is 8. The highest BCUT2D eigenvalue weighted by atomic mass is 16.7. The summed E-state index contributed by atoms with van der Waals surface area (Å²) in [6.45, 7) is 9.05. The average molecular weight is 422 g/mol. The van der Waals surface area contributed by atoms with Crippen LogP contribution in [-0.4, -0.2) is 62.6 Å². The lowest BCUT2D eigenvalue weighted by atomic mass is 9.35. The number of carbonyl (C=O) groups excluding carboxylic acids is 2. The number of hydrogen-bond donors (Lipinski definition) is 4. The first-order valence-corrected chi connectivity index (χ1v) is 10.7. The molecule has 30 heavy (non-hydrogen) atoms. The van der Waals surface area contributed by atoms with Crippen LogP contribution in [0.15, 0.2) is 12.2 Å². The molecule has 6 rings (SSSR count). The van der Waals surface area contributed by atoms with E-state index >= 15 is 0 Å². The Morgan fingerprint density at radius 2 is 1.83 bits per heavy atom. The van der Waals surface area contributed by atoms with Crippen LogP contribution in [0.4, 0.5) is 0 Å². The van der Waals surface area contributed by atoms with E-state index in [4.69, 9.17) is 9.47 Å². The van der Waals surface area contributed by atoms with E-state index in [9.17, 15) is 30.0 Å². The third kappa shape index (κ3) is 1.82. The van der Waals surface area contributed by atoms with Crippen molar-refractivity contribution in [3.8, 4) is 0 Å². The number of aliphatic hydroxyl groups excluding tert-OH is 3. The Kier molecular flexibility index (Phi) is 3.85. The van der Waals surface area contributed by atoms with Crippen molar-refractivity contribution in [1.29, 1.82) is 0 Å². The maximum atomic E-state index is 13.6. The molecule has 6 fully saturated rings. The molecule has 0 aromatic heterocycles. The minimum atomic E-state index is -2.46. The van der Waals surface area contributed by atoms with Gasteiger partial charge in [0.15, 0.2) is 0 Å². The summed E-state index contributed by atoms with van der Waals surface area (Å²) in [6.07, 6.45) is -3.21. The van der Waals surface area contributed by atoms with Crippen LogP contribution in [0.5, 0.6) is 0 Å². The smallest absolute Gasteiger partial charge is 0.319 e. The summed E-state index contributed by atoms with van der Waals surface area (Å²) in [5, 5.41) is 45.9. The van der Waals surface area contributed by atoms with Crippen LogP contribution >= 0.6 is 0 Å². The van der Waals surface area contributed by atoms with Crippen molar-refractivity contribution in [1.82, 2.24) is 0 Å². The number of esters is 2. The van der Waals surface area contributed by atoms with Gasteiger partial charge in [0.25, 0.3) is 0 Å². The van der Waals surface area contributed by atoms with Gasteiger partial charge in [-0.2, -0.15) is 0 Å². The van der Waals surface area contributed by atoms with Crippen molar-refractivity contribution >= 4 is 11.9 Å². The summed E-state index contributed by atoms with van der Waals surface area (Å²) in [5.74, 6) is -5.73. The van der Waals surface area contributed by atoms with Crippen LogP contribution in [-0.2, 0) is 19.1 Å². The second kappa shape index (κ2) is 5.65. The largest absolute Gasteiger partial charge is 0.461 e. The molecule has 0 aromatic carbocycles. The molecule has 2 heterocycles. The molecule has 4 aliphatic carbocycles. The summed E-state index contributed by atoms with van der Waals surface area (Å²) < 4.78 is 11.2. The van der Waals surface area contributed by atoms with E-state index in [1.165, 1.54) is 6.92 Å². The van der Waals surface area contributed by atoms with E-state index < -0.39 is 76.1 Å². The molecule has 2 saturated heterocycles. The Bertz CT molecular complexity index is 852. The van der Waals surface area contributed by atoms with E-state index in [-0.39, 0.29) is 0 Å². The highest BCUT2D eigenvalue weighted by molar-refractivity contribution is 5.83. The van der Waals surface area contributed by atoms with Gasteiger partial charge in [-0.25, -0.2) is 0 Å². The zero-order chi connectivity index (χ0) is 22.0. The molecule has 8 nitrogen and oxygen atoms in total. The zero-order valence-corrected chi connectivity index (χ0v) is 17.5. The fourth-order valence-corrected chi connectivity index (χ4v) is 8.32. The average Bonchev–Trinajstić information content (AvgIpc) is 2.74. The number of aliphatic hydroxyl groups is 4. The summed E-state index contributed by atoms with van der Waals surface area (Å²) in [7, 11) is 0. The number of fused-ring (bicyclic) bond motifs is 2. The molecule has 0 amide bonds. The van der Waals surface area contributed by atoms with Crippen LogP contribution in [0, 0.1) is 34.0 Å². The van der Waals surface area contributed by atoms with Gasteiger partial charge in [-0.1, -0.05) is 20.4 Å². The summed E-state index contributed by atoms with van der Waals surface area (Å²) in [4.78, 5) is 25.6. The molecule has 4 N–H and O–H groups in total. The number of carbonyl (C=O) groups is 2. The van der Waals surface area contributed by atoms with Gasteiger partial charge >= 0.3 is 11.9 Å². The Balaban J connectivity index is 1.82. The molecule has 0 unspecified atom stereocenters. The monoisotopic (exact) mass is 422 g/mol. The van der Waals surface area contributed by atoms with Crippen molar-refractivity contribution in [2.75, 3.05) is 0 Å². The van der Waals surface area contributed by atoms with Gasteiger partial charge in [0.1, 0.15) is 17.6 Å². The normalized spacial score (nSPS) is 55.5. The second-order valence-electron chi connectivity index (χ2n) is 10.7. The lowest BCUT2D eigenvalue weighted by Gasteiger charge is -2.74. The Hall–Kier alpha value is -1.48. The standard InChI is InChI=1S/C22H30O8/c1-9-11-5-6-12-20-13(29-10(2)23)7-8-19(3,4)14(20)17(26)22(28,30-18(20)27)21(12,15(9)24)16(11)25/h11-17,24-26,28H,1,5-8H2,2-4H3/t11-,12-,13-,14+,15+,16+,17-,20-,21-,22-/m0/s1. The van der Waals surface area contributed by atoms with Gasteiger partial charge in [0, 0.05) is 18.8 Å². The molecular formula is C22H30O8. The Morgan fingerprint density at radius 1 is 1.17 bits per heavy atom. The van der Waals surface area contributed by atoms with Crippen LogP contribution in [0.1, 0.15) is 46.5 Å². The minimum absolute atomic E-state index is 0.376. The van der Waals surface area contributed by atoms with Crippen LogP contribution in [0.25, 0.3) is 0 Å². The first-order valence-electron chi connectivity index (χ1n) is 10.7. The Labute approximate surface area is 174 Å².